The van der Waals surface area contributed by atoms with Gasteiger partial charge in [-0.1, -0.05) is 13.3 Å². The highest BCUT2D eigenvalue weighted by Crippen LogP contribution is 2.33. The third kappa shape index (κ3) is 3.36. The third-order valence-corrected chi connectivity index (χ3v) is 3.99. The number of rotatable bonds is 4. The number of benzene rings is 2. The van der Waals surface area contributed by atoms with Crippen LogP contribution in [0, 0.1) is 11.6 Å². The number of alkyl halides is 3. The molecular formula is C18H15F5N2. The lowest BCUT2D eigenvalue weighted by Crippen LogP contribution is -2.04. The van der Waals surface area contributed by atoms with Gasteiger partial charge in [0.05, 0.1) is 16.6 Å². The maximum absolute atomic E-state index is 13.6. The monoisotopic (exact) mass is 354 g/mol. The molecule has 3 aromatic rings. The van der Waals surface area contributed by atoms with Crippen LogP contribution in [0.2, 0.25) is 0 Å². The molecule has 1 heterocycles. The van der Waals surface area contributed by atoms with Crippen LogP contribution < -0.4 is 0 Å². The van der Waals surface area contributed by atoms with Crippen molar-refractivity contribution in [2.45, 2.75) is 32.5 Å². The molecule has 0 bridgehead atoms. The third-order valence-electron chi connectivity index (χ3n) is 3.99. The molecule has 0 radical (unpaired) electrons. The largest absolute Gasteiger partial charge is 0.416 e. The highest BCUT2D eigenvalue weighted by molar-refractivity contribution is 5.81. The van der Waals surface area contributed by atoms with Crippen molar-refractivity contribution in [2.75, 3.05) is 0 Å². The maximum Gasteiger partial charge on any atom is 0.416 e. The second-order valence-electron chi connectivity index (χ2n) is 5.77. The van der Waals surface area contributed by atoms with Crippen LogP contribution in [0.25, 0.3) is 22.4 Å². The van der Waals surface area contributed by atoms with Gasteiger partial charge in [0.15, 0.2) is 11.6 Å². The molecule has 7 heteroatoms. The topological polar surface area (TPSA) is 17.8 Å². The van der Waals surface area contributed by atoms with Gasteiger partial charge in [0.2, 0.25) is 0 Å². The fourth-order valence-electron chi connectivity index (χ4n) is 2.70. The molecule has 0 aliphatic carbocycles. The molecule has 0 N–H and O–H groups in total. The SMILES string of the molecule is CCCCn1c(-c2ccc(F)c(F)c2)nc2cc(C(F)(F)F)ccc21. The average molecular weight is 354 g/mol. The molecule has 0 saturated heterocycles. The van der Waals surface area contributed by atoms with Gasteiger partial charge in [0.25, 0.3) is 0 Å². The summed E-state index contributed by atoms with van der Waals surface area (Å²) >= 11 is 0. The number of hydrogen-bond donors (Lipinski definition) is 0. The minimum atomic E-state index is -4.47. The zero-order valence-electron chi connectivity index (χ0n) is 13.4. The van der Waals surface area contributed by atoms with Gasteiger partial charge in [-0.05, 0) is 42.8 Å². The molecule has 25 heavy (non-hydrogen) atoms. The van der Waals surface area contributed by atoms with Crippen LogP contribution >= 0.6 is 0 Å². The fourth-order valence-corrected chi connectivity index (χ4v) is 2.70. The number of imidazole rings is 1. The molecule has 0 atom stereocenters. The summed E-state index contributed by atoms with van der Waals surface area (Å²) in [5, 5.41) is 0. The summed E-state index contributed by atoms with van der Waals surface area (Å²) < 4.78 is 67.2. The Morgan fingerprint density at radius 1 is 1.00 bits per heavy atom. The number of halogens is 5. The van der Waals surface area contributed by atoms with E-state index in [2.05, 4.69) is 4.98 Å². The molecule has 0 unspecified atom stereocenters. The van der Waals surface area contributed by atoms with E-state index in [9.17, 15) is 22.0 Å². The number of fused-ring (bicyclic) bond motifs is 1. The number of unbranched alkanes of at least 4 members (excludes halogenated alkanes) is 1. The molecule has 1 aromatic heterocycles. The Balaban J connectivity index is 2.19. The van der Waals surface area contributed by atoms with E-state index in [1.807, 2.05) is 6.92 Å². The molecule has 0 fully saturated rings. The molecule has 0 saturated carbocycles. The number of aryl methyl sites for hydroxylation is 1. The van der Waals surface area contributed by atoms with Crippen molar-refractivity contribution in [3.05, 3.63) is 53.6 Å². The van der Waals surface area contributed by atoms with Crippen molar-refractivity contribution in [3.8, 4) is 11.4 Å². The standard InChI is InChI=1S/C18H15F5N2/c1-2-3-8-25-16-7-5-12(18(21,22)23)10-15(16)24-17(25)11-4-6-13(19)14(20)9-11/h4-7,9-10H,2-3,8H2,1H3. The van der Waals surface area contributed by atoms with E-state index in [0.29, 0.717) is 23.4 Å². The molecule has 132 valence electrons. The van der Waals surface area contributed by atoms with Crippen LogP contribution in [0.15, 0.2) is 36.4 Å². The van der Waals surface area contributed by atoms with E-state index in [4.69, 9.17) is 0 Å². The van der Waals surface area contributed by atoms with E-state index in [1.165, 1.54) is 12.1 Å². The van der Waals surface area contributed by atoms with Crippen LogP contribution in [0.3, 0.4) is 0 Å². The van der Waals surface area contributed by atoms with Gasteiger partial charge < -0.3 is 4.57 Å². The Labute approximate surface area is 140 Å². The fraction of sp³-hybridized carbons (Fsp3) is 0.278. The van der Waals surface area contributed by atoms with Crippen LogP contribution in [-0.4, -0.2) is 9.55 Å². The average Bonchev–Trinajstić information content (AvgIpc) is 2.92. The van der Waals surface area contributed by atoms with Crippen molar-refractivity contribution in [1.82, 2.24) is 9.55 Å². The van der Waals surface area contributed by atoms with E-state index >= 15 is 0 Å². The summed E-state index contributed by atoms with van der Waals surface area (Å²) in [7, 11) is 0. The highest BCUT2D eigenvalue weighted by atomic mass is 19.4. The minimum absolute atomic E-state index is 0.172. The first kappa shape index (κ1) is 17.4. The zero-order chi connectivity index (χ0) is 18.2. The molecule has 0 spiro atoms. The summed E-state index contributed by atoms with van der Waals surface area (Å²) in [6.45, 7) is 2.50. The van der Waals surface area contributed by atoms with Crippen molar-refractivity contribution >= 4 is 11.0 Å². The van der Waals surface area contributed by atoms with E-state index < -0.39 is 23.4 Å². The van der Waals surface area contributed by atoms with Crippen LogP contribution in [0.4, 0.5) is 22.0 Å². The van der Waals surface area contributed by atoms with Crippen molar-refractivity contribution in [2.24, 2.45) is 0 Å². The second-order valence-corrected chi connectivity index (χ2v) is 5.77. The summed E-state index contributed by atoms with van der Waals surface area (Å²) in [4.78, 5) is 4.25. The molecule has 3 rings (SSSR count). The summed E-state index contributed by atoms with van der Waals surface area (Å²) in [5.74, 6) is -1.69. The lowest BCUT2D eigenvalue weighted by Gasteiger charge is -2.10. The van der Waals surface area contributed by atoms with Crippen molar-refractivity contribution in [1.29, 1.82) is 0 Å². The zero-order valence-corrected chi connectivity index (χ0v) is 13.4. The van der Waals surface area contributed by atoms with Crippen LogP contribution in [-0.2, 0) is 12.7 Å². The molecule has 0 aliphatic heterocycles. The lowest BCUT2D eigenvalue weighted by molar-refractivity contribution is -0.137. The lowest BCUT2D eigenvalue weighted by atomic mass is 10.2. The summed E-state index contributed by atoms with van der Waals surface area (Å²) in [6.07, 6.45) is -2.82. The summed E-state index contributed by atoms with van der Waals surface area (Å²) in [6, 6.07) is 6.69. The molecule has 2 aromatic carbocycles. The maximum atomic E-state index is 13.6. The van der Waals surface area contributed by atoms with Gasteiger partial charge in [-0.2, -0.15) is 13.2 Å². The van der Waals surface area contributed by atoms with Crippen LogP contribution in [0.5, 0.6) is 0 Å². The Morgan fingerprint density at radius 3 is 2.40 bits per heavy atom. The highest BCUT2D eigenvalue weighted by Gasteiger charge is 2.31. The molecule has 2 nitrogen and oxygen atoms in total. The quantitative estimate of drug-likeness (QED) is 0.542. The van der Waals surface area contributed by atoms with Crippen LogP contribution in [0.1, 0.15) is 25.3 Å². The normalized spacial score (nSPS) is 12.1. The Bertz CT molecular complexity index is 912. The van der Waals surface area contributed by atoms with Crippen molar-refractivity contribution < 1.29 is 22.0 Å². The Morgan fingerprint density at radius 2 is 1.76 bits per heavy atom. The Hall–Kier alpha value is -2.44. The smallest absolute Gasteiger partial charge is 0.324 e. The predicted octanol–water partition coefficient (Wildman–Crippen LogP) is 5.80. The van der Waals surface area contributed by atoms with E-state index in [1.54, 1.807) is 4.57 Å². The van der Waals surface area contributed by atoms with Gasteiger partial charge in [0.1, 0.15) is 5.82 Å². The first-order valence-electron chi connectivity index (χ1n) is 7.84. The van der Waals surface area contributed by atoms with Gasteiger partial charge >= 0.3 is 6.18 Å². The number of hydrogen-bond acceptors (Lipinski definition) is 1. The second kappa shape index (κ2) is 6.46. The van der Waals surface area contributed by atoms with Gasteiger partial charge in [-0.3, -0.25) is 0 Å². The van der Waals surface area contributed by atoms with Gasteiger partial charge in [0, 0.05) is 12.1 Å². The molecule has 0 aliphatic rings. The molecular weight excluding hydrogens is 339 g/mol. The first-order valence-corrected chi connectivity index (χ1v) is 7.84. The number of aromatic nitrogens is 2. The number of nitrogens with zero attached hydrogens (tertiary/aromatic N) is 2. The first-order chi connectivity index (χ1) is 11.8. The van der Waals surface area contributed by atoms with E-state index in [0.717, 1.165) is 37.1 Å². The van der Waals surface area contributed by atoms with Gasteiger partial charge in [-0.15, -0.1) is 0 Å². The van der Waals surface area contributed by atoms with Gasteiger partial charge in [-0.25, -0.2) is 13.8 Å². The van der Waals surface area contributed by atoms with E-state index in [-0.39, 0.29) is 5.52 Å². The Kier molecular flexibility index (Phi) is 4.49. The predicted molar refractivity (Wildman–Crippen MR) is 85.0 cm³/mol. The molecule has 0 amide bonds. The minimum Gasteiger partial charge on any atom is -0.324 e. The summed E-state index contributed by atoms with van der Waals surface area (Å²) in [5.41, 5.74) is 0.226. The van der Waals surface area contributed by atoms with Crippen molar-refractivity contribution in [3.63, 3.8) is 0 Å².